The molecular weight excluding hydrogens is 158 g/mol. The standard InChI is InChI=1S/C7H5N3O2/c11-6-2-1-4-5(3-7(6)12)9-10-8-4/h1-3H,(H,11,12)(H,8,9,10). The zero-order chi connectivity index (χ0) is 8.55. The van der Waals surface area contributed by atoms with Crippen LogP contribution in [0.2, 0.25) is 0 Å². The Morgan fingerprint density at radius 1 is 1.25 bits per heavy atom. The van der Waals surface area contributed by atoms with E-state index in [2.05, 4.69) is 15.4 Å². The van der Waals surface area contributed by atoms with Gasteiger partial charge in [0.05, 0.1) is 0 Å². The van der Waals surface area contributed by atoms with E-state index in [4.69, 9.17) is 5.11 Å². The van der Waals surface area contributed by atoms with Gasteiger partial charge >= 0.3 is 0 Å². The highest BCUT2D eigenvalue weighted by Crippen LogP contribution is 2.08. The molecule has 0 atom stereocenters. The van der Waals surface area contributed by atoms with Crippen LogP contribution in [0.5, 0.6) is 5.75 Å². The molecule has 12 heavy (non-hydrogen) atoms. The summed E-state index contributed by atoms with van der Waals surface area (Å²) in [4.78, 5) is 10.9. The molecule has 0 aliphatic heterocycles. The SMILES string of the molecule is O=c1ccc2n[nH]nc2cc1O. The van der Waals surface area contributed by atoms with E-state index in [0.717, 1.165) is 0 Å². The molecule has 0 aliphatic carbocycles. The second kappa shape index (κ2) is 2.30. The zero-order valence-electron chi connectivity index (χ0n) is 5.98. The van der Waals surface area contributed by atoms with Crippen LogP contribution in [0.1, 0.15) is 0 Å². The van der Waals surface area contributed by atoms with Gasteiger partial charge in [-0.25, -0.2) is 0 Å². The maximum atomic E-state index is 10.9. The van der Waals surface area contributed by atoms with Gasteiger partial charge in [-0.1, -0.05) is 0 Å². The minimum atomic E-state index is -0.435. The largest absolute Gasteiger partial charge is 0.504 e. The quantitative estimate of drug-likeness (QED) is 0.574. The van der Waals surface area contributed by atoms with Crippen molar-refractivity contribution in [1.29, 1.82) is 0 Å². The van der Waals surface area contributed by atoms with Crippen molar-refractivity contribution in [2.24, 2.45) is 0 Å². The Morgan fingerprint density at radius 3 is 2.83 bits per heavy atom. The fourth-order valence-corrected chi connectivity index (χ4v) is 0.917. The first-order valence-corrected chi connectivity index (χ1v) is 3.31. The lowest BCUT2D eigenvalue weighted by molar-refractivity contribution is 0.471. The molecular formula is C7H5N3O2. The van der Waals surface area contributed by atoms with Gasteiger partial charge in [-0.3, -0.25) is 4.79 Å². The Labute approximate surface area is 66.7 Å². The topological polar surface area (TPSA) is 78.9 Å². The molecule has 0 spiro atoms. The van der Waals surface area contributed by atoms with Crippen LogP contribution in [0.3, 0.4) is 0 Å². The molecule has 5 heteroatoms. The maximum absolute atomic E-state index is 10.9. The fourth-order valence-electron chi connectivity index (χ4n) is 0.917. The molecule has 0 aliphatic rings. The van der Waals surface area contributed by atoms with Crippen LogP contribution in [0, 0.1) is 0 Å². The summed E-state index contributed by atoms with van der Waals surface area (Å²) in [5.74, 6) is -0.320. The Morgan fingerprint density at radius 2 is 2.00 bits per heavy atom. The lowest BCUT2D eigenvalue weighted by Crippen LogP contribution is -1.91. The average Bonchev–Trinajstić information content (AvgIpc) is 2.43. The molecule has 5 nitrogen and oxygen atoms in total. The lowest BCUT2D eigenvalue weighted by atomic mass is 10.4. The Balaban J connectivity index is 2.98. The molecule has 0 bridgehead atoms. The number of hydrogen-bond acceptors (Lipinski definition) is 4. The summed E-state index contributed by atoms with van der Waals surface area (Å²) in [6.45, 7) is 0. The number of rotatable bonds is 0. The smallest absolute Gasteiger partial charge is 0.220 e. The number of nitrogens with zero attached hydrogens (tertiary/aromatic N) is 2. The molecule has 60 valence electrons. The number of aromatic amines is 1. The number of H-pyrrole nitrogens is 1. The van der Waals surface area contributed by atoms with Crippen LogP contribution >= 0.6 is 0 Å². The molecule has 2 aromatic rings. The van der Waals surface area contributed by atoms with Gasteiger partial charge in [-0.15, -0.1) is 0 Å². The first-order chi connectivity index (χ1) is 5.77. The number of fused-ring (bicyclic) bond motifs is 1. The number of aromatic hydroxyl groups is 1. The van der Waals surface area contributed by atoms with Gasteiger partial charge in [0.25, 0.3) is 0 Å². The second-order valence-electron chi connectivity index (χ2n) is 2.32. The van der Waals surface area contributed by atoms with Crippen molar-refractivity contribution in [3.05, 3.63) is 28.4 Å². The lowest BCUT2D eigenvalue weighted by Gasteiger charge is -1.77. The highest BCUT2D eigenvalue weighted by Gasteiger charge is 1.98. The van der Waals surface area contributed by atoms with Gasteiger partial charge in [0, 0.05) is 6.07 Å². The molecule has 0 saturated carbocycles. The molecule has 1 heterocycles. The number of aromatic nitrogens is 3. The third kappa shape index (κ3) is 0.914. The summed E-state index contributed by atoms with van der Waals surface area (Å²) in [7, 11) is 0. The molecule has 0 amide bonds. The van der Waals surface area contributed by atoms with Gasteiger partial charge in [0.2, 0.25) is 5.43 Å². The van der Waals surface area contributed by atoms with Crippen molar-refractivity contribution < 1.29 is 5.11 Å². The van der Waals surface area contributed by atoms with Gasteiger partial charge in [-0.05, 0) is 12.1 Å². The van der Waals surface area contributed by atoms with Crippen molar-refractivity contribution in [2.75, 3.05) is 0 Å². The molecule has 1 aromatic heterocycles. The van der Waals surface area contributed by atoms with Crippen molar-refractivity contribution in [3.63, 3.8) is 0 Å². The summed E-state index contributed by atoms with van der Waals surface area (Å²) in [6, 6.07) is 4.03. The Bertz CT molecular complexity index is 477. The summed E-state index contributed by atoms with van der Waals surface area (Å²) >= 11 is 0. The maximum Gasteiger partial charge on any atom is 0.220 e. The van der Waals surface area contributed by atoms with Crippen LogP contribution in [0.4, 0.5) is 0 Å². The summed E-state index contributed by atoms with van der Waals surface area (Å²) in [6.07, 6.45) is 0. The summed E-state index contributed by atoms with van der Waals surface area (Å²) in [5, 5.41) is 19.0. The van der Waals surface area contributed by atoms with Crippen LogP contribution in [-0.2, 0) is 0 Å². The van der Waals surface area contributed by atoms with Crippen molar-refractivity contribution >= 4 is 11.0 Å². The first-order valence-electron chi connectivity index (χ1n) is 3.31. The number of hydrogen-bond donors (Lipinski definition) is 2. The minimum Gasteiger partial charge on any atom is -0.504 e. The summed E-state index contributed by atoms with van der Waals surface area (Å²) in [5.41, 5.74) is 0.580. The highest BCUT2D eigenvalue weighted by molar-refractivity contribution is 5.73. The average molecular weight is 163 g/mol. The van der Waals surface area contributed by atoms with E-state index in [1.165, 1.54) is 18.2 Å². The van der Waals surface area contributed by atoms with Gasteiger partial charge in [0.1, 0.15) is 11.0 Å². The minimum absolute atomic E-state index is 0.320. The van der Waals surface area contributed by atoms with E-state index in [9.17, 15) is 4.79 Å². The van der Waals surface area contributed by atoms with E-state index in [1.807, 2.05) is 0 Å². The first kappa shape index (κ1) is 6.78. The Hall–Kier alpha value is -1.91. The predicted octanol–water partition coefficient (Wildman–Crippen LogP) is 0.0237. The fraction of sp³-hybridized carbons (Fsp3) is 0. The van der Waals surface area contributed by atoms with Crippen LogP contribution in [0.15, 0.2) is 23.0 Å². The molecule has 0 radical (unpaired) electrons. The number of nitrogens with one attached hydrogen (secondary N) is 1. The highest BCUT2D eigenvalue weighted by atomic mass is 16.3. The summed E-state index contributed by atoms with van der Waals surface area (Å²) < 4.78 is 0. The predicted molar refractivity (Wildman–Crippen MR) is 41.8 cm³/mol. The van der Waals surface area contributed by atoms with Gasteiger partial charge in [-0.2, -0.15) is 15.4 Å². The van der Waals surface area contributed by atoms with Crippen LogP contribution in [-0.4, -0.2) is 20.5 Å². The third-order valence-electron chi connectivity index (χ3n) is 1.52. The molecule has 0 fully saturated rings. The molecule has 0 saturated heterocycles. The monoisotopic (exact) mass is 163 g/mol. The third-order valence-corrected chi connectivity index (χ3v) is 1.52. The zero-order valence-corrected chi connectivity index (χ0v) is 5.98. The van der Waals surface area contributed by atoms with Crippen molar-refractivity contribution in [2.45, 2.75) is 0 Å². The molecule has 2 N–H and O–H groups in total. The van der Waals surface area contributed by atoms with Crippen molar-refractivity contribution in [3.8, 4) is 5.75 Å². The van der Waals surface area contributed by atoms with E-state index in [-0.39, 0.29) is 5.75 Å². The van der Waals surface area contributed by atoms with E-state index in [1.54, 1.807) is 0 Å². The molecule has 1 aromatic carbocycles. The molecule has 2 rings (SSSR count). The normalized spacial score (nSPS) is 10.3. The van der Waals surface area contributed by atoms with Crippen molar-refractivity contribution in [1.82, 2.24) is 15.4 Å². The van der Waals surface area contributed by atoms with E-state index in [0.29, 0.717) is 11.0 Å². The van der Waals surface area contributed by atoms with Crippen LogP contribution in [0.25, 0.3) is 11.0 Å². The van der Waals surface area contributed by atoms with Gasteiger partial charge < -0.3 is 5.11 Å². The van der Waals surface area contributed by atoms with Crippen LogP contribution < -0.4 is 5.43 Å². The van der Waals surface area contributed by atoms with Gasteiger partial charge in [0.15, 0.2) is 5.75 Å². The Kier molecular flexibility index (Phi) is 1.30. The van der Waals surface area contributed by atoms with E-state index >= 15 is 0 Å². The molecule has 0 unspecified atom stereocenters. The van der Waals surface area contributed by atoms with E-state index < -0.39 is 5.43 Å². The second-order valence-corrected chi connectivity index (χ2v) is 2.32.